The molecule has 0 aliphatic carbocycles. The molecule has 0 spiro atoms. The third-order valence-electron chi connectivity index (χ3n) is 3.89. The Morgan fingerprint density at radius 2 is 2.15 bits per heavy atom. The van der Waals surface area contributed by atoms with Crippen LogP contribution in [0.1, 0.15) is 44.2 Å². The standard InChI is InChI=1S/C16H23ClFNO/c1-2-7-19-16(10-12-5-8-20-9-6-12)14-4-3-13(18)11-15(14)17/h3-4,11-12,16,19H,2,5-10H2,1H3. The summed E-state index contributed by atoms with van der Waals surface area (Å²) in [6.45, 7) is 4.79. The summed E-state index contributed by atoms with van der Waals surface area (Å²) in [6, 6.07) is 4.91. The molecular formula is C16H23ClFNO. The molecule has 1 heterocycles. The smallest absolute Gasteiger partial charge is 0.124 e. The maximum absolute atomic E-state index is 13.2. The normalized spacial score (nSPS) is 18.1. The number of hydrogen-bond acceptors (Lipinski definition) is 2. The summed E-state index contributed by atoms with van der Waals surface area (Å²) in [5.41, 5.74) is 1.01. The molecule has 1 saturated heterocycles. The van der Waals surface area contributed by atoms with Gasteiger partial charge >= 0.3 is 0 Å². The van der Waals surface area contributed by atoms with Gasteiger partial charge in [-0.3, -0.25) is 0 Å². The molecule has 1 atom stereocenters. The fraction of sp³-hybridized carbons (Fsp3) is 0.625. The topological polar surface area (TPSA) is 21.3 Å². The summed E-state index contributed by atoms with van der Waals surface area (Å²) in [6.07, 6.45) is 4.31. The molecule has 2 nitrogen and oxygen atoms in total. The number of hydrogen-bond donors (Lipinski definition) is 1. The Morgan fingerprint density at radius 1 is 1.40 bits per heavy atom. The van der Waals surface area contributed by atoms with E-state index < -0.39 is 0 Å². The van der Waals surface area contributed by atoms with Crippen molar-refractivity contribution < 1.29 is 9.13 Å². The lowest BCUT2D eigenvalue weighted by atomic mass is 9.89. The maximum Gasteiger partial charge on any atom is 0.124 e. The fourth-order valence-corrected chi connectivity index (χ4v) is 3.04. The Balaban J connectivity index is 2.08. The Kier molecular flexibility index (Phi) is 6.27. The number of ether oxygens (including phenoxy) is 1. The molecule has 0 aromatic heterocycles. The predicted molar refractivity (Wildman–Crippen MR) is 80.6 cm³/mol. The number of benzene rings is 1. The van der Waals surface area contributed by atoms with Gasteiger partial charge in [0.2, 0.25) is 0 Å². The van der Waals surface area contributed by atoms with Gasteiger partial charge in [-0.1, -0.05) is 24.6 Å². The van der Waals surface area contributed by atoms with Crippen molar-refractivity contribution in [3.05, 3.63) is 34.6 Å². The van der Waals surface area contributed by atoms with Gasteiger partial charge in [-0.05, 0) is 55.8 Å². The van der Waals surface area contributed by atoms with Gasteiger partial charge in [0.05, 0.1) is 0 Å². The SMILES string of the molecule is CCCNC(CC1CCOCC1)c1ccc(F)cc1Cl. The van der Waals surface area contributed by atoms with Gasteiger partial charge in [0, 0.05) is 24.3 Å². The molecule has 4 heteroatoms. The Hall–Kier alpha value is -0.640. The highest BCUT2D eigenvalue weighted by atomic mass is 35.5. The van der Waals surface area contributed by atoms with E-state index in [2.05, 4.69) is 12.2 Å². The van der Waals surface area contributed by atoms with Gasteiger partial charge in [-0.25, -0.2) is 4.39 Å². The zero-order chi connectivity index (χ0) is 14.4. The average Bonchev–Trinajstić information content (AvgIpc) is 2.45. The summed E-state index contributed by atoms with van der Waals surface area (Å²) in [7, 11) is 0. The highest BCUT2D eigenvalue weighted by Gasteiger charge is 2.21. The van der Waals surface area contributed by atoms with Crippen molar-refractivity contribution in [1.82, 2.24) is 5.32 Å². The van der Waals surface area contributed by atoms with Gasteiger partial charge in [0.15, 0.2) is 0 Å². The molecule has 1 N–H and O–H groups in total. The molecule has 1 unspecified atom stereocenters. The van der Waals surface area contributed by atoms with Crippen LogP contribution in [0.3, 0.4) is 0 Å². The minimum atomic E-state index is -0.279. The minimum absolute atomic E-state index is 0.200. The summed E-state index contributed by atoms with van der Waals surface area (Å²) in [5.74, 6) is 0.373. The molecule has 0 bridgehead atoms. The largest absolute Gasteiger partial charge is 0.381 e. The van der Waals surface area contributed by atoms with Crippen molar-refractivity contribution in [2.45, 2.75) is 38.6 Å². The van der Waals surface area contributed by atoms with Gasteiger partial charge in [-0.2, -0.15) is 0 Å². The van der Waals surface area contributed by atoms with E-state index in [4.69, 9.17) is 16.3 Å². The first-order valence-electron chi connectivity index (χ1n) is 7.46. The first kappa shape index (κ1) is 15.7. The van der Waals surface area contributed by atoms with Crippen molar-refractivity contribution in [2.24, 2.45) is 5.92 Å². The van der Waals surface area contributed by atoms with Gasteiger partial charge in [-0.15, -0.1) is 0 Å². The highest BCUT2D eigenvalue weighted by molar-refractivity contribution is 6.31. The molecule has 1 aliphatic rings. The monoisotopic (exact) mass is 299 g/mol. The van der Waals surface area contributed by atoms with Gasteiger partial charge in [0.25, 0.3) is 0 Å². The van der Waals surface area contributed by atoms with Crippen LogP contribution < -0.4 is 5.32 Å². The van der Waals surface area contributed by atoms with Crippen LogP contribution >= 0.6 is 11.6 Å². The second kappa shape index (κ2) is 7.96. The van der Waals surface area contributed by atoms with E-state index in [9.17, 15) is 4.39 Å². The molecule has 0 amide bonds. The first-order valence-corrected chi connectivity index (χ1v) is 7.84. The zero-order valence-corrected chi connectivity index (χ0v) is 12.8. The van der Waals surface area contributed by atoms with Crippen LogP contribution in [-0.4, -0.2) is 19.8 Å². The molecule has 0 saturated carbocycles. The summed E-state index contributed by atoms with van der Waals surface area (Å²) in [5, 5.41) is 4.06. The summed E-state index contributed by atoms with van der Waals surface area (Å²) in [4.78, 5) is 0. The molecular weight excluding hydrogens is 277 g/mol. The van der Waals surface area contributed by atoms with Crippen LogP contribution in [-0.2, 0) is 4.74 Å². The van der Waals surface area contributed by atoms with Crippen LogP contribution in [0.15, 0.2) is 18.2 Å². The number of rotatable bonds is 6. The van der Waals surface area contributed by atoms with E-state index in [0.29, 0.717) is 10.9 Å². The van der Waals surface area contributed by atoms with Crippen LogP contribution in [0, 0.1) is 11.7 Å². The lowest BCUT2D eigenvalue weighted by molar-refractivity contribution is 0.0605. The van der Waals surface area contributed by atoms with E-state index in [1.807, 2.05) is 6.07 Å². The molecule has 1 fully saturated rings. The van der Waals surface area contributed by atoms with Crippen LogP contribution in [0.2, 0.25) is 5.02 Å². The molecule has 20 heavy (non-hydrogen) atoms. The molecule has 1 aromatic carbocycles. The van der Waals surface area contributed by atoms with E-state index in [1.165, 1.54) is 12.1 Å². The van der Waals surface area contributed by atoms with Crippen LogP contribution in [0.5, 0.6) is 0 Å². The van der Waals surface area contributed by atoms with Crippen molar-refractivity contribution >= 4 is 11.6 Å². The van der Waals surface area contributed by atoms with Crippen LogP contribution in [0.25, 0.3) is 0 Å². The molecule has 1 aromatic rings. The third kappa shape index (κ3) is 4.44. The Labute approximate surface area is 125 Å². The quantitative estimate of drug-likeness (QED) is 0.844. The Bertz CT molecular complexity index is 421. The maximum atomic E-state index is 13.2. The number of nitrogens with one attached hydrogen (secondary N) is 1. The highest BCUT2D eigenvalue weighted by Crippen LogP contribution is 2.31. The second-order valence-electron chi connectivity index (χ2n) is 5.46. The lowest BCUT2D eigenvalue weighted by Gasteiger charge is -2.28. The van der Waals surface area contributed by atoms with Crippen molar-refractivity contribution in [3.8, 4) is 0 Å². The Morgan fingerprint density at radius 3 is 2.80 bits per heavy atom. The first-order chi connectivity index (χ1) is 9.70. The molecule has 2 rings (SSSR count). The van der Waals surface area contributed by atoms with Crippen molar-refractivity contribution in [1.29, 1.82) is 0 Å². The summed E-state index contributed by atoms with van der Waals surface area (Å²) >= 11 is 6.22. The van der Waals surface area contributed by atoms with Crippen LogP contribution in [0.4, 0.5) is 4.39 Å². The van der Waals surface area contributed by atoms with E-state index in [1.54, 1.807) is 0 Å². The van der Waals surface area contributed by atoms with E-state index >= 15 is 0 Å². The second-order valence-corrected chi connectivity index (χ2v) is 5.87. The van der Waals surface area contributed by atoms with Gasteiger partial charge in [0.1, 0.15) is 5.82 Å². The molecule has 1 aliphatic heterocycles. The minimum Gasteiger partial charge on any atom is -0.381 e. The average molecular weight is 300 g/mol. The zero-order valence-electron chi connectivity index (χ0n) is 12.0. The van der Waals surface area contributed by atoms with Crippen molar-refractivity contribution in [3.63, 3.8) is 0 Å². The summed E-state index contributed by atoms with van der Waals surface area (Å²) < 4.78 is 18.6. The van der Waals surface area contributed by atoms with E-state index in [0.717, 1.165) is 51.0 Å². The lowest BCUT2D eigenvalue weighted by Crippen LogP contribution is -2.27. The molecule has 0 radical (unpaired) electrons. The number of halogens is 2. The van der Waals surface area contributed by atoms with Crippen molar-refractivity contribution in [2.75, 3.05) is 19.8 Å². The van der Waals surface area contributed by atoms with E-state index in [-0.39, 0.29) is 11.9 Å². The van der Waals surface area contributed by atoms with Gasteiger partial charge < -0.3 is 10.1 Å². The fourth-order valence-electron chi connectivity index (χ4n) is 2.74. The third-order valence-corrected chi connectivity index (χ3v) is 4.22. The predicted octanol–water partition coefficient (Wildman–Crippen LogP) is 4.34. The molecule has 112 valence electrons.